The van der Waals surface area contributed by atoms with E-state index in [1.807, 2.05) is 11.3 Å². The summed E-state index contributed by atoms with van der Waals surface area (Å²) in [5.74, 6) is 0. The molecule has 1 saturated heterocycles. The predicted molar refractivity (Wildman–Crippen MR) is 86.6 cm³/mol. The van der Waals surface area contributed by atoms with Crippen LogP contribution in [0, 0.1) is 0 Å². The van der Waals surface area contributed by atoms with E-state index in [9.17, 15) is 0 Å². The van der Waals surface area contributed by atoms with Gasteiger partial charge in [0, 0.05) is 17.3 Å². The van der Waals surface area contributed by atoms with Gasteiger partial charge in [-0.05, 0) is 54.6 Å². The van der Waals surface area contributed by atoms with Gasteiger partial charge in [0.15, 0.2) is 0 Å². The fraction of sp³-hybridized carbons (Fsp3) is 0.529. The third kappa shape index (κ3) is 3.05. The summed E-state index contributed by atoms with van der Waals surface area (Å²) in [4.78, 5) is 0. The Morgan fingerprint density at radius 2 is 2.25 bits per heavy atom. The largest absolute Gasteiger partial charge is 0.377 e. The smallest absolute Gasteiger partial charge is 0.0731 e. The molecule has 0 aliphatic carbocycles. The van der Waals surface area contributed by atoms with Crippen LogP contribution in [0.25, 0.3) is 10.1 Å². The average molecular weight is 289 g/mol. The Bertz CT molecular complexity index is 545. The van der Waals surface area contributed by atoms with Gasteiger partial charge in [0.25, 0.3) is 0 Å². The van der Waals surface area contributed by atoms with E-state index in [2.05, 4.69) is 41.9 Å². The van der Waals surface area contributed by atoms with E-state index in [0.717, 1.165) is 19.6 Å². The molecule has 2 unspecified atom stereocenters. The fourth-order valence-electron chi connectivity index (χ4n) is 3.11. The van der Waals surface area contributed by atoms with Gasteiger partial charge in [-0.2, -0.15) is 0 Å². The van der Waals surface area contributed by atoms with Gasteiger partial charge in [-0.25, -0.2) is 0 Å². The summed E-state index contributed by atoms with van der Waals surface area (Å²) >= 11 is 1.85. The Morgan fingerprint density at radius 3 is 3.05 bits per heavy atom. The molecule has 1 fully saturated rings. The Labute approximate surface area is 125 Å². The maximum Gasteiger partial charge on any atom is 0.0731 e. The molecule has 108 valence electrons. The van der Waals surface area contributed by atoms with Gasteiger partial charge in [-0.15, -0.1) is 11.3 Å². The molecule has 2 heterocycles. The second-order valence-electron chi connectivity index (χ2n) is 5.53. The van der Waals surface area contributed by atoms with Crippen molar-refractivity contribution in [2.45, 2.75) is 44.8 Å². The number of hydrogen-bond donors (Lipinski definition) is 1. The summed E-state index contributed by atoms with van der Waals surface area (Å²) in [6.07, 6.45) is 5.16. The van der Waals surface area contributed by atoms with Crippen LogP contribution in [-0.2, 0) is 11.2 Å². The van der Waals surface area contributed by atoms with Crippen LogP contribution in [0.3, 0.4) is 0 Å². The first-order valence-electron chi connectivity index (χ1n) is 7.68. The van der Waals surface area contributed by atoms with E-state index in [0.29, 0.717) is 12.1 Å². The summed E-state index contributed by atoms with van der Waals surface area (Å²) in [5.41, 5.74) is 1.46. The summed E-state index contributed by atoms with van der Waals surface area (Å²) in [7, 11) is 0. The second kappa shape index (κ2) is 6.70. The molecule has 20 heavy (non-hydrogen) atoms. The highest BCUT2D eigenvalue weighted by Gasteiger charge is 2.24. The second-order valence-corrected chi connectivity index (χ2v) is 6.44. The molecule has 0 bridgehead atoms. The highest BCUT2D eigenvalue weighted by atomic mass is 32.1. The minimum Gasteiger partial charge on any atom is -0.377 e. The van der Waals surface area contributed by atoms with Crippen LogP contribution in [0.15, 0.2) is 29.6 Å². The number of likely N-dealkylation sites (N-methyl/N-ethyl adjacent to an activating group) is 1. The van der Waals surface area contributed by atoms with Gasteiger partial charge < -0.3 is 10.1 Å². The van der Waals surface area contributed by atoms with Crippen LogP contribution in [-0.4, -0.2) is 25.3 Å². The molecule has 1 aromatic carbocycles. The zero-order chi connectivity index (χ0) is 13.8. The van der Waals surface area contributed by atoms with Crippen molar-refractivity contribution in [2.24, 2.45) is 0 Å². The van der Waals surface area contributed by atoms with E-state index in [1.54, 1.807) is 0 Å². The molecule has 0 amide bonds. The number of hydrogen-bond acceptors (Lipinski definition) is 3. The Hall–Kier alpha value is -0.900. The normalized spacial score (nSPS) is 21.1. The number of nitrogens with one attached hydrogen (secondary N) is 1. The predicted octanol–water partition coefficient (Wildman–Crippen LogP) is 3.99. The molecule has 1 aliphatic rings. The fourth-order valence-corrected chi connectivity index (χ4v) is 4.08. The van der Waals surface area contributed by atoms with Crippen molar-refractivity contribution in [2.75, 3.05) is 13.2 Å². The maximum atomic E-state index is 5.99. The molecule has 0 spiro atoms. The Balaban J connectivity index is 1.78. The summed E-state index contributed by atoms with van der Waals surface area (Å²) in [5, 5.41) is 7.37. The van der Waals surface area contributed by atoms with E-state index in [4.69, 9.17) is 4.74 Å². The van der Waals surface area contributed by atoms with Crippen LogP contribution >= 0.6 is 11.3 Å². The molecule has 2 atom stereocenters. The summed E-state index contributed by atoms with van der Waals surface area (Å²) < 4.78 is 7.39. The SMILES string of the molecule is CCNC(Cc1csc2ccccc12)C1CCCCO1. The third-order valence-corrected chi connectivity index (χ3v) is 5.14. The molecular formula is C17H23NOS. The minimum absolute atomic E-state index is 0.377. The highest BCUT2D eigenvalue weighted by Crippen LogP contribution is 2.28. The van der Waals surface area contributed by atoms with Crippen LogP contribution in [0.5, 0.6) is 0 Å². The van der Waals surface area contributed by atoms with Crippen molar-refractivity contribution < 1.29 is 4.74 Å². The first-order valence-corrected chi connectivity index (χ1v) is 8.56. The van der Waals surface area contributed by atoms with Gasteiger partial charge >= 0.3 is 0 Å². The van der Waals surface area contributed by atoms with Crippen molar-refractivity contribution in [1.29, 1.82) is 0 Å². The average Bonchev–Trinajstić information content (AvgIpc) is 2.91. The molecule has 3 rings (SSSR count). The van der Waals surface area contributed by atoms with Crippen molar-refractivity contribution >= 4 is 21.4 Å². The lowest BCUT2D eigenvalue weighted by Crippen LogP contribution is -2.44. The molecule has 1 N–H and O–H groups in total. The molecule has 3 heteroatoms. The number of benzene rings is 1. The lowest BCUT2D eigenvalue weighted by atomic mass is 9.96. The van der Waals surface area contributed by atoms with E-state index >= 15 is 0 Å². The zero-order valence-corrected chi connectivity index (χ0v) is 12.9. The number of thiophene rings is 1. The van der Waals surface area contributed by atoms with E-state index in [1.165, 1.54) is 34.9 Å². The van der Waals surface area contributed by atoms with Gasteiger partial charge in [0.1, 0.15) is 0 Å². The van der Waals surface area contributed by atoms with Gasteiger partial charge in [0.2, 0.25) is 0 Å². The molecule has 0 radical (unpaired) electrons. The van der Waals surface area contributed by atoms with Crippen molar-refractivity contribution in [3.8, 4) is 0 Å². The monoisotopic (exact) mass is 289 g/mol. The highest BCUT2D eigenvalue weighted by molar-refractivity contribution is 7.17. The molecule has 2 aromatic rings. The van der Waals surface area contributed by atoms with Gasteiger partial charge in [0.05, 0.1) is 6.10 Å². The third-order valence-electron chi connectivity index (χ3n) is 4.13. The number of rotatable bonds is 5. The zero-order valence-electron chi connectivity index (χ0n) is 12.1. The minimum atomic E-state index is 0.377. The summed E-state index contributed by atoms with van der Waals surface area (Å²) in [6.45, 7) is 4.12. The van der Waals surface area contributed by atoms with Crippen molar-refractivity contribution in [1.82, 2.24) is 5.32 Å². The molecule has 1 aromatic heterocycles. The maximum absolute atomic E-state index is 5.99. The lowest BCUT2D eigenvalue weighted by Gasteiger charge is -2.31. The quantitative estimate of drug-likeness (QED) is 0.898. The van der Waals surface area contributed by atoms with E-state index < -0.39 is 0 Å². The van der Waals surface area contributed by atoms with Crippen LogP contribution < -0.4 is 5.32 Å². The van der Waals surface area contributed by atoms with Crippen LogP contribution in [0.1, 0.15) is 31.7 Å². The summed E-state index contributed by atoms with van der Waals surface area (Å²) in [6, 6.07) is 9.15. The first kappa shape index (κ1) is 14.1. The van der Waals surface area contributed by atoms with Crippen molar-refractivity contribution in [3.63, 3.8) is 0 Å². The van der Waals surface area contributed by atoms with E-state index in [-0.39, 0.29) is 0 Å². The molecule has 2 nitrogen and oxygen atoms in total. The first-order chi connectivity index (χ1) is 9.88. The molecule has 1 aliphatic heterocycles. The van der Waals surface area contributed by atoms with Crippen LogP contribution in [0.2, 0.25) is 0 Å². The Morgan fingerprint density at radius 1 is 1.35 bits per heavy atom. The van der Waals surface area contributed by atoms with Gasteiger partial charge in [-0.1, -0.05) is 25.1 Å². The van der Waals surface area contributed by atoms with Gasteiger partial charge in [-0.3, -0.25) is 0 Å². The lowest BCUT2D eigenvalue weighted by molar-refractivity contribution is -0.00701. The number of fused-ring (bicyclic) bond motifs is 1. The Kier molecular flexibility index (Phi) is 4.71. The van der Waals surface area contributed by atoms with Crippen molar-refractivity contribution in [3.05, 3.63) is 35.2 Å². The van der Waals surface area contributed by atoms with Crippen LogP contribution in [0.4, 0.5) is 0 Å². The topological polar surface area (TPSA) is 21.3 Å². The standard InChI is InChI=1S/C17H23NOS/c1-2-18-15(16-8-5-6-10-19-16)11-13-12-20-17-9-4-3-7-14(13)17/h3-4,7,9,12,15-16,18H,2,5-6,8,10-11H2,1H3. The molecular weight excluding hydrogens is 266 g/mol. The molecule has 0 saturated carbocycles. The number of ether oxygens (including phenoxy) is 1.